The van der Waals surface area contributed by atoms with Gasteiger partial charge in [-0.2, -0.15) is 0 Å². The van der Waals surface area contributed by atoms with E-state index in [1.165, 1.54) is 167 Å². The summed E-state index contributed by atoms with van der Waals surface area (Å²) < 4.78 is 26.7. The van der Waals surface area contributed by atoms with Crippen molar-refractivity contribution in [3.63, 3.8) is 0 Å². The standard InChI is InChI=1S/C55H115N2O3P/c1-48(2)28-21-30-50(5)32-23-34-52(7)36-25-38-54(9)40-45-59-61(58,47-20-18-16-14-12-11-13-15-17-19-43-57-44-27-42-56)60-46-41-55(10)39-26-37-53(8)35-24-33-51(6)31-22-29-49(3)4/h48-55,57H,11-47,56H2,1-10H3. The van der Waals surface area contributed by atoms with Crippen LogP contribution in [0.4, 0.5) is 0 Å². The lowest BCUT2D eigenvalue weighted by molar-refractivity contribution is 0.183. The first kappa shape index (κ1) is 61.1. The van der Waals surface area contributed by atoms with Gasteiger partial charge in [0.25, 0.3) is 0 Å². The van der Waals surface area contributed by atoms with Crippen molar-refractivity contribution in [1.29, 1.82) is 0 Å². The van der Waals surface area contributed by atoms with Crippen LogP contribution in [-0.2, 0) is 13.6 Å². The third kappa shape index (κ3) is 43.7. The lowest BCUT2D eigenvalue weighted by Gasteiger charge is -2.21. The molecule has 0 aliphatic heterocycles. The van der Waals surface area contributed by atoms with Crippen molar-refractivity contribution in [3.8, 4) is 0 Å². The first-order chi connectivity index (χ1) is 29.3. The zero-order valence-corrected chi connectivity index (χ0v) is 44.4. The number of hydrogen-bond donors (Lipinski definition) is 2. The Hall–Kier alpha value is 0.0700. The summed E-state index contributed by atoms with van der Waals surface area (Å²) >= 11 is 0. The minimum atomic E-state index is -3.08. The molecule has 5 nitrogen and oxygen atoms in total. The molecule has 0 aliphatic carbocycles. The molecule has 6 unspecified atom stereocenters. The third-order valence-electron chi connectivity index (χ3n) is 13.9. The van der Waals surface area contributed by atoms with Crippen LogP contribution >= 0.6 is 7.60 Å². The largest absolute Gasteiger partial charge is 0.330 e. The van der Waals surface area contributed by atoms with Crippen molar-refractivity contribution >= 4 is 7.60 Å². The first-order valence-electron chi connectivity index (χ1n) is 27.5. The van der Waals surface area contributed by atoms with Gasteiger partial charge in [0.15, 0.2) is 0 Å². The summed E-state index contributed by atoms with van der Waals surface area (Å²) in [5.41, 5.74) is 5.57. The molecule has 0 radical (unpaired) electrons. The van der Waals surface area contributed by atoms with E-state index in [9.17, 15) is 4.57 Å². The molecule has 0 bridgehead atoms. The predicted molar refractivity (Wildman–Crippen MR) is 274 cm³/mol. The predicted octanol–water partition coefficient (Wildman–Crippen LogP) is 18.0. The Labute approximate surface area is 385 Å². The quantitative estimate of drug-likeness (QED) is 0.0470. The Morgan fingerprint density at radius 1 is 0.361 bits per heavy atom. The van der Waals surface area contributed by atoms with Crippen LogP contribution in [0.15, 0.2) is 0 Å². The van der Waals surface area contributed by atoms with Gasteiger partial charge in [0.1, 0.15) is 0 Å². The van der Waals surface area contributed by atoms with Crippen molar-refractivity contribution in [1.82, 2.24) is 5.32 Å². The van der Waals surface area contributed by atoms with Gasteiger partial charge < -0.3 is 20.1 Å². The highest BCUT2D eigenvalue weighted by molar-refractivity contribution is 7.53. The van der Waals surface area contributed by atoms with E-state index in [2.05, 4.69) is 74.6 Å². The van der Waals surface area contributed by atoms with Crippen LogP contribution in [0.5, 0.6) is 0 Å². The van der Waals surface area contributed by atoms with Crippen LogP contribution in [-0.4, -0.2) is 39.0 Å². The smallest absolute Gasteiger partial charge is 0.330 e. The van der Waals surface area contributed by atoms with Crippen molar-refractivity contribution in [2.75, 3.05) is 39.0 Å². The van der Waals surface area contributed by atoms with Crippen LogP contribution in [0.2, 0.25) is 0 Å². The van der Waals surface area contributed by atoms with E-state index in [0.29, 0.717) is 31.2 Å². The van der Waals surface area contributed by atoms with Gasteiger partial charge in [-0.05, 0) is 99.1 Å². The Morgan fingerprint density at radius 2 is 0.639 bits per heavy atom. The van der Waals surface area contributed by atoms with E-state index < -0.39 is 7.60 Å². The fourth-order valence-electron chi connectivity index (χ4n) is 9.15. The molecule has 0 rings (SSSR count). The van der Waals surface area contributed by atoms with E-state index in [1.807, 2.05) is 0 Å². The molecule has 0 aromatic rings. The molecule has 0 heterocycles. The summed E-state index contributed by atoms with van der Waals surface area (Å²) in [6, 6.07) is 0. The normalized spacial score (nSPS) is 16.2. The van der Waals surface area contributed by atoms with Crippen LogP contribution in [0.1, 0.15) is 268 Å². The minimum Gasteiger partial charge on any atom is -0.330 e. The van der Waals surface area contributed by atoms with Crippen molar-refractivity contribution < 1.29 is 13.6 Å². The summed E-state index contributed by atoms with van der Waals surface area (Å²) in [4.78, 5) is 0. The van der Waals surface area contributed by atoms with Crippen LogP contribution in [0, 0.1) is 47.3 Å². The highest BCUT2D eigenvalue weighted by atomic mass is 31.2. The molecule has 0 saturated heterocycles. The monoisotopic (exact) mass is 883 g/mol. The third-order valence-corrected chi connectivity index (χ3v) is 15.9. The fourth-order valence-corrected chi connectivity index (χ4v) is 10.9. The number of unbranched alkanes of at least 4 members (excludes halogenated alkanes) is 9. The van der Waals surface area contributed by atoms with Crippen LogP contribution in [0.25, 0.3) is 0 Å². The molecule has 0 fully saturated rings. The molecular formula is C55H115N2O3P. The maximum atomic E-state index is 14.1. The van der Waals surface area contributed by atoms with E-state index in [0.717, 1.165) is 87.2 Å². The summed E-state index contributed by atoms with van der Waals surface area (Å²) in [6.07, 6.45) is 40.5. The number of nitrogens with two attached hydrogens (primary N) is 1. The topological polar surface area (TPSA) is 73.6 Å². The summed E-state index contributed by atoms with van der Waals surface area (Å²) in [5.74, 6) is 6.26. The molecule has 368 valence electrons. The number of nitrogens with one attached hydrogen (secondary N) is 1. The lowest BCUT2D eigenvalue weighted by atomic mass is 9.91. The fraction of sp³-hybridized carbons (Fsp3) is 1.00. The van der Waals surface area contributed by atoms with Crippen molar-refractivity contribution in [3.05, 3.63) is 0 Å². The zero-order chi connectivity index (χ0) is 45.4. The van der Waals surface area contributed by atoms with Gasteiger partial charge in [-0.15, -0.1) is 0 Å². The van der Waals surface area contributed by atoms with Crippen LogP contribution < -0.4 is 11.1 Å². The average Bonchev–Trinajstić information content (AvgIpc) is 3.19. The molecular weight excluding hydrogens is 768 g/mol. The maximum Gasteiger partial charge on any atom is 0.330 e. The first-order valence-corrected chi connectivity index (χ1v) is 29.3. The van der Waals surface area contributed by atoms with Gasteiger partial charge in [0.05, 0.1) is 19.4 Å². The summed E-state index contributed by atoms with van der Waals surface area (Å²) in [7, 11) is -3.08. The highest BCUT2D eigenvalue weighted by Gasteiger charge is 2.25. The Kier molecular flexibility index (Phi) is 42.7. The van der Waals surface area contributed by atoms with Gasteiger partial charge >= 0.3 is 7.60 Å². The van der Waals surface area contributed by atoms with Gasteiger partial charge in [-0.25, -0.2) is 0 Å². The molecule has 0 aliphatic rings. The van der Waals surface area contributed by atoms with Crippen molar-refractivity contribution in [2.24, 2.45) is 53.1 Å². The molecule has 0 aromatic carbocycles. The molecule has 0 aromatic heterocycles. The maximum absolute atomic E-state index is 14.1. The SMILES string of the molecule is CC(C)CCCC(C)CCCC(C)CCCC(C)CCOP(=O)(CCCCCCCCCCCCNCCCN)OCCC(C)CCCC(C)CCCC(C)CCCC(C)C. The minimum absolute atomic E-state index is 0.566. The van der Waals surface area contributed by atoms with E-state index >= 15 is 0 Å². The Morgan fingerprint density at radius 3 is 0.967 bits per heavy atom. The molecule has 0 saturated carbocycles. The lowest BCUT2D eigenvalue weighted by Crippen LogP contribution is -2.19. The van der Waals surface area contributed by atoms with Gasteiger partial charge in [0.2, 0.25) is 0 Å². The molecule has 3 N–H and O–H groups in total. The summed E-state index contributed by atoms with van der Waals surface area (Å²) in [5, 5.41) is 3.49. The summed E-state index contributed by atoms with van der Waals surface area (Å²) in [6.45, 7) is 28.0. The Bertz CT molecular complexity index is 892. The van der Waals surface area contributed by atoms with Gasteiger partial charge in [-0.3, -0.25) is 4.57 Å². The second kappa shape index (κ2) is 42.7. The zero-order valence-electron chi connectivity index (χ0n) is 43.5. The molecule has 6 heteroatoms. The molecule has 6 atom stereocenters. The Balaban J connectivity index is 4.57. The van der Waals surface area contributed by atoms with E-state index in [4.69, 9.17) is 14.8 Å². The molecule has 0 spiro atoms. The van der Waals surface area contributed by atoms with Crippen LogP contribution in [0.3, 0.4) is 0 Å². The average molecular weight is 884 g/mol. The number of rotatable bonds is 48. The van der Waals surface area contributed by atoms with Gasteiger partial charge in [-0.1, -0.05) is 236 Å². The molecule has 0 amide bonds. The highest BCUT2D eigenvalue weighted by Crippen LogP contribution is 2.49. The van der Waals surface area contributed by atoms with Crippen molar-refractivity contribution in [2.45, 2.75) is 268 Å². The molecule has 61 heavy (non-hydrogen) atoms. The number of hydrogen-bond acceptors (Lipinski definition) is 5. The van der Waals surface area contributed by atoms with E-state index in [1.54, 1.807) is 0 Å². The van der Waals surface area contributed by atoms with E-state index in [-0.39, 0.29) is 0 Å². The second-order valence-electron chi connectivity index (χ2n) is 22.0. The second-order valence-corrected chi connectivity index (χ2v) is 24.2. The van der Waals surface area contributed by atoms with Gasteiger partial charge in [0, 0.05) is 0 Å².